The molecule has 0 aliphatic rings. The van der Waals surface area contributed by atoms with Crippen LogP contribution in [0.5, 0.6) is 5.75 Å². The summed E-state index contributed by atoms with van der Waals surface area (Å²) in [6.45, 7) is 5.05. The van der Waals surface area contributed by atoms with Crippen LogP contribution in [0.1, 0.15) is 75.6 Å². The molecule has 0 heterocycles. The Bertz CT molecular complexity index is 804. The molecule has 0 bridgehead atoms. The van der Waals surface area contributed by atoms with Crippen molar-refractivity contribution in [1.82, 2.24) is 4.48 Å². The fourth-order valence-electron chi connectivity index (χ4n) is 3.71. The minimum Gasteiger partial charge on any atom is -0.494 e. The number of rotatable bonds is 13. The lowest BCUT2D eigenvalue weighted by atomic mass is 10.1. The molecule has 168 valence electrons. The van der Waals surface area contributed by atoms with Crippen LogP contribution in [0.15, 0.2) is 54.6 Å². The molecule has 0 aromatic heterocycles. The molecule has 0 saturated heterocycles. The maximum atomic E-state index is 13.4. The van der Waals surface area contributed by atoms with E-state index in [0.29, 0.717) is 30.0 Å². The number of hydrogen-bond donors (Lipinski definition) is 1. The number of benzene rings is 2. The van der Waals surface area contributed by atoms with Gasteiger partial charge < -0.3 is 9.84 Å². The molecular weight excluding hydrogens is 390 g/mol. The molecule has 1 unspecified atom stereocenters. The number of unbranched alkanes of at least 4 members (excludes halogenated alkanes) is 6. The number of imide groups is 1. The minimum atomic E-state index is -1.16. The summed E-state index contributed by atoms with van der Waals surface area (Å²) in [6, 6.07) is 15.6. The van der Waals surface area contributed by atoms with Gasteiger partial charge in [0, 0.05) is 12.1 Å². The number of carbonyl (C=O) groups excluding carboxylic acids is 1. The van der Waals surface area contributed by atoms with Crippen molar-refractivity contribution in [3.63, 3.8) is 0 Å². The van der Waals surface area contributed by atoms with Gasteiger partial charge in [-0.1, -0.05) is 70.6 Å². The number of nitrogens with zero attached hydrogens (tertiary/aromatic N) is 1. The summed E-state index contributed by atoms with van der Waals surface area (Å²) in [6.07, 6.45) is 7.44. The molecule has 0 aliphatic heterocycles. The molecule has 5 nitrogen and oxygen atoms in total. The van der Waals surface area contributed by atoms with Crippen LogP contribution in [-0.4, -0.2) is 30.3 Å². The number of ether oxygens (including phenoxy) is 1. The lowest BCUT2D eigenvalue weighted by Gasteiger charge is -2.29. The Labute approximate surface area is 186 Å². The Morgan fingerprint density at radius 1 is 0.806 bits per heavy atom. The largest absolute Gasteiger partial charge is 0.526 e. The standard InChI is InChI=1S/C26H35NO4/c1-3-5-7-8-9-13-21-31-24-18-16-23(17-19-24)27(26(29)30,20-6-4-2)25(28)22-14-11-10-12-15-22/h10-12,14-19H,3-9,13,20-21H2,1-2H3/p+1. The minimum absolute atomic E-state index is 0.206. The van der Waals surface area contributed by atoms with Gasteiger partial charge in [0.05, 0.1) is 12.2 Å². The molecule has 2 aromatic carbocycles. The van der Waals surface area contributed by atoms with E-state index in [2.05, 4.69) is 6.92 Å². The highest BCUT2D eigenvalue weighted by Crippen LogP contribution is 2.30. The maximum absolute atomic E-state index is 13.4. The number of hydrogen-bond acceptors (Lipinski definition) is 3. The first-order valence-corrected chi connectivity index (χ1v) is 11.5. The predicted molar refractivity (Wildman–Crippen MR) is 126 cm³/mol. The van der Waals surface area contributed by atoms with Crippen molar-refractivity contribution in [2.45, 2.75) is 65.2 Å². The highest BCUT2D eigenvalue weighted by molar-refractivity contribution is 6.13. The molecule has 0 fully saturated rings. The normalized spacial score (nSPS) is 12.8. The molecule has 1 atom stereocenters. The Balaban J connectivity index is 2.15. The van der Waals surface area contributed by atoms with Gasteiger partial charge in [0.25, 0.3) is 0 Å². The topological polar surface area (TPSA) is 63.6 Å². The SMILES string of the molecule is CCCCCCCCOc1ccc([N+](CCCC)(C(=O)O)C(=O)c2ccccc2)cc1. The van der Waals surface area contributed by atoms with Gasteiger partial charge in [-0.2, -0.15) is 4.79 Å². The third kappa shape index (κ3) is 6.66. The summed E-state index contributed by atoms with van der Waals surface area (Å²) < 4.78 is 5.09. The molecule has 1 N–H and O–H groups in total. The molecule has 0 spiro atoms. The van der Waals surface area contributed by atoms with Gasteiger partial charge in [0.1, 0.15) is 12.3 Å². The van der Waals surface area contributed by atoms with Crippen molar-refractivity contribution in [2.24, 2.45) is 0 Å². The van der Waals surface area contributed by atoms with Crippen LogP contribution < -0.4 is 9.22 Å². The Kier molecular flexibility index (Phi) is 10.2. The summed E-state index contributed by atoms with van der Waals surface area (Å²) >= 11 is 0. The third-order valence-corrected chi connectivity index (χ3v) is 5.59. The predicted octanol–water partition coefficient (Wildman–Crippen LogP) is 7.05. The van der Waals surface area contributed by atoms with Crippen molar-refractivity contribution in [3.05, 3.63) is 60.2 Å². The van der Waals surface area contributed by atoms with Crippen LogP contribution in [0.2, 0.25) is 0 Å². The number of carboxylic acid groups (broad SMARTS) is 1. The average molecular weight is 427 g/mol. The lowest BCUT2D eigenvalue weighted by molar-refractivity contribution is 0.0746. The highest BCUT2D eigenvalue weighted by Gasteiger charge is 2.47. The van der Waals surface area contributed by atoms with E-state index in [0.717, 1.165) is 19.3 Å². The van der Waals surface area contributed by atoms with Crippen LogP contribution in [0, 0.1) is 0 Å². The van der Waals surface area contributed by atoms with Crippen molar-refractivity contribution in [2.75, 3.05) is 13.2 Å². The van der Waals surface area contributed by atoms with Crippen LogP contribution >= 0.6 is 0 Å². The van der Waals surface area contributed by atoms with E-state index >= 15 is 0 Å². The van der Waals surface area contributed by atoms with E-state index in [1.54, 1.807) is 48.5 Å². The Hall–Kier alpha value is -2.66. The first-order valence-electron chi connectivity index (χ1n) is 11.5. The molecule has 2 aromatic rings. The van der Waals surface area contributed by atoms with Gasteiger partial charge in [-0.3, -0.25) is 0 Å². The first-order chi connectivity index (χ1) is 15.1. The third-order valence-electron chi connectivity index (χ3n) is 5.59. The molecule has 0 radical (unpaired) electrons. The van der Waals surface area contributed by atoms with E-state index in [1.165, 1.54) is 25.7 Å². The van der Waals surface area contributed by atoms with Crippen LogP contribution in [-0.2, 0) is 0 Å². The van der Waals surface area contributed by atoms with Crippen molar-refractivity contribution >= 4 is 17.7 Å². The fraction of sp³-hybridized carbons (Fsp3) is 0.462. The second kappa shape index (κ2) is 12.9. The zero-order valence-electron chi connectivity index (χ0n) is 18.9. The number of carbonyl (C=O) groups is 2. The summed E-state index contributed by atoms with van der Waals surface area (Å²) in [5.41, 5.74) is 0.839. The van der Waals surface area contributed by atoms with Crippen molar-refractivity contribution in [1.29, 1.82) is 0 Å². The molecule has 31 heavy (non-hydrogen) atoms. The van der Waals surface area contributed by atoms with Gasteiger partial charge in [-0.05, 0) is 37.1 Å². The quantitative estimate of drug-likeness (QED) is 0.275. The van der Waals surface area contributed by atoms with Crippen LogP contribution in [0.3, 0.4) is 0 Å². The molecule has 0 saturated carbocycles. The molecule has 2 amide bonds. The first kappa shape index (κ1) is 24.6. The lowest BCUT2D eigenvalue weighted by Crippen LogP contribution is -2.58. The van der Waals surface area contributed by atoms with E-state index in [4.69, 9.17) is 4.74 Å². The second-order valence-corrected chi connectivity index (χ2v) is 7.95. The highest BCUT2D eigenvalue weighted by atomic mass is 16.5. The van der Waals surface area contributed by atoms with Gasteiger partial charge >= 0.3 is 12.0 Å². The van der Waals surface area contributed by atoms with Gasteiger partial charge in [0.15, 0.2) is 5.69 Å². The summed E-state index contributed by atoms with van der Waals surface area (Å²) in [5.74, 6) is 0.269. The zero-order valence-corrected chi connectivity index (χ0v) is 18.9. The van der Waals surface area contributed by atoms with E-state index in [9.17, 15) is 14.7 Å². The van der Waals surface area contributed by atoms with Gasteiger partial charge in [0.2, 0.25) is 0 Å². The monoisotopic (exact) mass is 426 g/mol. The zero-order chi connectivity index (χ0) is 22.5. The molecule has 0 aliphatic carbocycles. The number of quaternary nitrogens is 1. The Morgan fingerprint density at radius 3 is 2.03 bits per heavy atom. The van der Waals surface area contributed by atoms with Gasteiger partial charge in [-0.25, -0.2) is 4.79 Å². The number of amides is 2. The summed E-state index contributed by atoms with van der Waals surface area (Å²) in [4.78, 5) is 25.8. The summed E-state index contributed by atoms with van der Waals surface area (Å²) in [7, 11) is 0. The second-order valence-electron chi connectivity index (χ2n) is 7.95. The molecular formula is C26H36NO4+. The van der Waals surface area contributed by atoms with Crippen LogP contribution in [0.25, 0.3) is 0 Å². The fourth-order valence-corrected chi connectivity index (χ4v) is 3.71. The van der Waals surface area contributed by atoms with E-state index in [1.807, 2.05) is 13.0 Å². The van der Waals surface area contributed by atoms with Crippen LogP contribution in [0.4, 0.5) is 10.5 Å². The maximum Gasteiger partial charge on any atom is 0.526 e. The molecule has 2 rings (SSSR count). The Morgan fingerprint density at radius 2 is 1.42 bits per heavy atom. The smallest absolute Gasteiger partial charge is 0.494 e. The average Bonchev–Trinajstić information content (AvgIpc) is 2.80. The summed E-state index contributed by atoms with van der Waals surface area (Å²) in [5, 5.41) is 10.2. The van der Waals surface area contributed by atoms with Crippen molar-refractivity contribution in [3.8, 4) is 5.75 Å². The van der Waals surface area contributed by atoms with Crippen molar-refractivity contribution < 1.29 is 19.4 Å². The van der Waals surface area contributed by atoms with E-state index in [-0.39, 0.29) is 6.54 Å². The van der Waals surface area contributed by atoms with E-state index < -0.39 is 16.5 Å². The van der Waals surface area contributed by atoms with Gasteiger partial charge in [-0.15, -0.1) is 4.48 Å². The molecule has 5 heteroatoms.